The van der Waals surface area contributed by atoms with Gasteiger partial charge in [0.2, 0.25) is 0 Å². The normalized spacial score (nSPS) is 16.5. The molecule has 0 amide bonds. The minimum atomic E-state index is -5.03. The molecular formula is C28H23F6N3O6S. The first-order valence-corrected chi connectivity index (χ1v) is 14.3. The first-order valence-electron chi connectivity index (χ1n) is 13.5. The number of benzene rings is 2. The van der Waals surface area contributed by atoms with Crippen molar-refractivity contribution in [3.05, 3.63) is 53.3 Å². The molecule has 2 aliphatic rings. The molecule has 16 heteroatoms. The minimum Gasteiger partial charge on any atom is -0.478 e. The molecule has 0 unspecified atom stereocenters. The zero-order valence-electron chi connectivity index (χ0n) is 22.6. The van der Waals surface area contributed by atoms with Crippen molar-refractivity contribution in [2.24, 2.45) is 0 Å². The molecule has 234 valence electrons. The lowest BCUT2D eigenvalue weighted by molar-refractivity contribution is -0.275. The zero-order valence-corrected chi connectivity index (χ0v) is 23.4. The number of aromatic nitrogens is 2. The van der Waals surface area contributed by atoms with E-state index in [2.05, 4.69) is 19.6 Å². The van der Waals surface area contributed by atoms with Gasteiger partial charge < -0.3 is 28.7 Å². The van der Waals surface area contributed by atoms with Crippen LogP contribution in [0, 0.1) is 0 Å². The number of carbonyl (C=O) groups is 1. The summed E-state index contributed by atoms with van der Waals surface area (Å²) in [5.41, 5.74) is 0.463. The smallest absolute Gasteiger partial charge is 0.478 e. The molecule has 2 aromatic carbocycles. The van der Waals surface area contributed by atoms with Crippen LogP contribution in [-0.2, 0) is 11.3 Å². The van der Waals surface area contributed by atoms with Crippen molar-refractivity contribution < 1.29 is 55.0 Å². The van der Waals surface area contributed by atoms with Crippen LogP contribution in [-0.4, -0.2) is 53.1 Å². The second-order valence-corrected chi connectivity index (χ2v) is 11.4. The highest BCUT2D eigenvalue weighted by molar-refractivity contribution is 7.22. The lowest BCUT2D eigenvalue weighted by Gasteiger charge is -2.31. The van der Waals surface area contributed by atoms with E-state index in [0.29, 0.717) is 42.4 Å². The van der Waals surface area contributed by atoms with Gasteiger partial charge in [0.15, 0.2) is 10.9 Å². The van der Waals surface area contributed by atoms with Crippen LogP contribution in [0.4, 0.5) is 31.5 Å². The summed E-state index contributed by atoms with van der Waals surface area (Å²) < 4.78 is 98.4. The highest BCUT2D eigenvalue weighted by atomic mass is 32.1. The molecule has 6 rings (SSSR count). The molecular weight excluding hydrogens is 620 g/mol. The number of thiazole rings is 1. The molecule has 1 saturated heterocycles. The van der Waals surface area contributed by atoms with Crippen LogP contribution in [0.2, 0.25) is 0 Å². The minimum absolute atomic E-state index is 0.0485. The number of piperidine rings is 1. The Bertz CT molecular complexity index is 1670. The monoisotopic (exact) mass is 643 g/mol. The number of anilines is 1. The summed E-state index contributed by atoms with van der Waals surface area (Å²) in [4.78, 5) is 17.6. The molecule has 1 aliphatic carbocycles. The maximum atomic E-state index is 13.0. The number of aromatic carboxylic acids is 1. The lowest BCUT2D eigenvalue weighted by Crippen LogP contribution is -2.37. The van der Waals surface area contributed by atoms with Gasteiger partial charge in [0, 0.05) is 30.1 Å². The average Bonchev–Trinajstić information content (AvgIpc) is 3.55. The number of hydrogen-bond donors (Lipinski definition) is 1. The fourth-order valence-electron chi connectivity index (χ4n) is 5.08. The molecule has 9 nitrogen and oxygen atoms in total. The van der Waals surface area contributed by atoms with Gasteiger partial charge in [-0.15, -0.1) is 26.3 Å². The maximum Gasteiger partial charge on any atom is 0.573 e. The number of halogens is 6. The molecule has 0 spiro atoms. The Morgan fingerprint density at radius 2 is 1.68 bits per heavy atom. The fourth-order valence-corrected chi connectivity index (χ4v) is 6.15. The quantitative estimate of drug-likeness (QED) is 0.186. The van der Waals surface area contributed by atoms with Crippen LogP contribution in [0.1, 0.15) is 53.3 Å². The van der Waals surface area contributed by atoms with Gasteiger partial charge in [0.05, 0.1) is 23.0 Å². The number of ether oxygens (including phenoxy) is 3. The number of fused-ring (bicyclic) bond motifs is 1. The fraction of sp³-hybridized carbons (Fsp3) is 0.393. The van der Waals surface area contributed by atoms with Crippen LogP contribution in [0.3, 0.4) is 0 Å². The molecule has 2 fully saturated rings. The highest BCUT2D eigenvalue weighted by Gasteiger charge is 2.37. The summed E-state index contributed by atoms with van der Waals surface area (Å²) >= 11 is 1.06. The summed E-state index contributed by atoms with van der Waals surface area (Å²) in [5, 5.41) is 13.8. The number of carboxylic acid groups (broad SMARTS) is 1. The van der Waals surface area contributed by atoms with E-state index >= 15 is 0 Å². The Morgan fingerprint density at radius 3 is 2.34 bits per heavy atom. The summed E-state index contributed by atoms with van der Waals surface area (Å²) in [5.74, 6) is -1.80. The van der Waals surface area contributed by atoms with Crippen molar-refractivity contribution >= 4 is 32.7 Å². The zero-order chi connectivity index (χ0) is 31.2. The Labute approximate surface area is 248 Å². The van der Waals surface area contributed by atoms with Crippen molar-refractivity contribution in [3.63, 3.8) is 0 Å². The number of nitrogens with zero attached hydrogens (tertiary/aromatic N) is 3. The second-order valence-electron chi connectivity index (χ2n) is 10.4. The van der Waals surface area contributed by atoms with Gasteiger partial charge in [-0.1, -0.05) is 28.6 Å². The molecule has 4 aromatic rings. The van der Waals surface area contributed by atoms with Gasteiger partial charge in [0.1, 0.15) is 22.7 Å². The van der Waals surface area contributed by atoms with Crippen LogP contribution < -0.4 is 14.4 Å². The van der Waals surface area contributed by atoms with E-state index in [1.165, 1.54) is 24.3 Å². The van der Waals surface area contributed by atoms with Gasteiger partial charge in [0.25, 0.3) is 0 Å². The third-order valence-electron chi connectivity index (χ3n) is 7.23. The van der Waals surface area contributed by atoms with Crippen LogP contribution in [0.25, 0.3) is 21.5 Å². The van der Waals surface area contributed by atoms with E-state index in [1.807, 2.05) is 4.90 Å². The molecule has 1 N–H and O–H groups in total. The molecule has 0 bridgehead atoms. The lowest BCUT2D eigenvalue weighted by atomic mass is 10.0. The van der Waals surface area contributed by atoms with E-state index in [-0.39, 0.29) is 45.7 Å². The standard InChI is InChI=1S/C28H23F6N3O6S/c29-27(30,31)41-19-4-2-1-3-17(19)22-18(24(43-36-22)14-5-6-14)13-40-16-7-9-37(10-8-16)26-35-23-20(42-28(32,33)34)11-15(25(38)39)12-21(23)44-26/h1-4,11-12,14,16H,5-10,13H2,(H,38,39). The first kappa shape index (κ1) is 30.0. The van der Waals surface area contributed by atoms with Crippen molar-refractivity contribution in [1.29, 1.82) is 0 Å². The Balaban J connectivity index is 1.16. The topological polar surface area (TPSA) is 107 Å². The average molecular weight is 644 g/mol. The molecule has 44 heavy (non-hydrogen) atoms. The molecule has 3 heterocycles. The van der Waals surface area contributed by atoms with Gasteiger partial charge in [-0.05, 0) is 49.9 Å². The summed E-state index contributed by atoms with van der Waals surface area (Å²) in [6, 6.07) is 7.73. The van der Waals surface area contributed by atoms with Gasteiger partial charge in [-0.2, -0.15) is 0 Å². The van der Waals surface area contributed by atoms with E-state index in [1.54, 1.807) is 6.07 Å². The number of rotatable bonds is 9. The van der Waals surface area contributed by atoms with Crippen molar-refractivity contribution in [3.8, 4) is 22.8 Å². The number of para-hydroxylation sites is 1. The van der Waals surface area contributed by atoms with E-state index in [9.17, 15) is 36.2 Å². The summed E-state index contributed by atoms with van der Waals surface area (Å²) in [7, 11) is 0. The second kappa shape index (κ2) is 11.5. The Morgan fingerprint density at radius 1 is 1.00 bits per heavy atom. The SMILES string of the molecule is O=C(O)c1cc(OC(F)(F)F)c2nc(N3CCC(OCc4c(-c5ccccc5OC(F)(F)F)noc4C4CC4)CC3)sc2c1. The molecule has 1 saturated carbocycles. The third kappa shape index (κ3) is 6.70. The van der Waals surface area contributed by atoms with Crippen LogP contribution in [0.15, 0.2) is 40.9 Å². The van der Waals surface area contributed by atoms with E-state index in [4.69, 9.17) is 9.26 Å². The molecule has 0 radical (unpaired) electrons. The van der Waals surface area contributed by atoms with Gasteiger partial charge in [-0.3, -0.25) is 0 Å². The predicted octanol–water partition coefficient (Wildman–Crippen LogP) is 7.51. The number of alkyl halides is 6. The number of hydrogen-bond acceptors (Lipinski definition) is 9. The van der Waals surface area contributed by atoms with Gasteiger partial charge in [-0.25, -0.2) is 9.78 Å². The molecule has 0 atom stereocenters. The van der Waals surface area contributed by atoms with Crippen molar-refractivity contribution in [1.82, 2.24) is 10.1 Å². The van der Waals surface area contributed by atoms with Gasteiger partial charge >= 0.3 is 18.7 Å². The predicted molar refractivity (Wildman–Crippen MR) is 144 cm³/mol. The highest BCUT2D eigenvalue weighted by Crippen LogP contribution is 2.46. The maximum absolute atomic E-state index is 13.0. The summed E-state index contributed by atoms with van der Waals surface area (Å²) in [6.45, 7) is 0.937. The van der Waals surface area contributed by atoms with Crippen LogP contribution in [0.5, 0.6) is 11.5 Å². The largest absolute Gasteiger partial charge is 0.573 e. The number of carboxylic acids is 1. The van der Waals surface area contributed by atoms with E-state index in [0.717, 1.165) is 30.2 Å². The molecule has 1 aliphatic heterocycles. The Hall–Kier alpha value is -4.05. The van der Waals surface area contributed by atoms with E-state index < -0.39 is 30.2 Å². The van der Waals surface area contributed by atoms with Crippen molar-refractivity contribution in [2.45, 2.75) is 57.0 Å². The van der Waals surface area contributed by atoms with Crippen molar-refractivity contribution in [2.75, 3.05) is 18.0 Å². The van der Waals surface area contributed by atoms with Crippen LogP contribution >= 0.6 is 11.3 Å². The summed E-state index contributed by atoms with van der Waals surface area (Å²) in [6.07, 6.45) is -7.37. The third-order valence-corrected chi connectivity index (χ3v) is 8.29. The first-order chi connectivity index (χ1) is 20.8. The molecule has 2 aromatic heterocycles. The Kier molecular flexibility index (Phi) is 7.82.